The summed E-state index contributed by atoms with van der Waals surface area (Å²) in [7, 11) is 0. The number of likely N-dealkylation sites (tertiary alicyclic amines) is 1. The fourth-order valence-corrected chi connectivity index (χ4v) is 4.40. The molecule has 3 heterocycles. The fraction of sp³-hybridized carbons (Fsp3) is 0.650. The largest absolute Gasteiger partial charge is 0.381 e. The summed E-state index contributed by atoms with van der Waals surface area (Å²) in [6.07, 6.45) is 3.19. The molecule has 1 N–H and O–H groups in total. The average Bonchev–Trinajstić information content (AvgIpc) is 3.14. The highest BCUT2D eigenvalue weighted by Crippen LogP contribution is 2.35. The van der Waals surface area contributed by atoms with E-state index in [1.165, 1.54) is 6.07 Å². The van der Waals surface area contributed by atoms with Crippen molar-refractivity contribution in [2.75, 3.05) is 46.1 Å². The van der Waals surface area contributed by atoms with Crippen molar-refractivity contribution >= 4 is 6.03 Å². The van der Waals surface area contributed by atoms with Crippen LogP contribution < -0.4 is 5.32 Å². The Balaban J connectivity index is 1.44. The maximum absolute atomic E-state index is 13.8. The molecule has 0 saturated carbocycles. The topological polar surface area (TPSA) is 60.0 Å². The van der Waals surface area contributed by atoms with E-state index in [0.717, 1.165) is 31.2 Å². The Morgan fingerprint density at radius 3 is 2.67 bits per heavy atom. The first-order chi connectivity index (χ1) is 13.1. The van der Waals surface area contributed by atoms with Gasteiger partial charge in [0.1, 0.15) is 5.82 Å². The predicted molar refractivity (Wildman–Crippen MR) is 97.0 cm³/mol. The molecule has 1 aromatic rings. The van der Waals surface area contributed by atoms with Gasteiger partial charge in [-0.25, -0.2) is 9.18 Å². The van der Waals surface area contributed by atoms with Gasteiger partial charge in [0.05, 0.1) is 19.8 Å². The second kappa shape index (κ2) is 7.73. The minimum Gasteiger partial charge on any atom is -0.381 e. The molecule has 3 aliphatic rings. The Morgan fingerprint density at radius 1 is 1.15 bits per heavy atom. The first-order valence-electron chi connectivity index (χ1n) is 9.75. The Labute approximate surface area is 159 Å². The van der Waals surface area contributed by atoms with Gasteiger partial charge in [0.25, 0.3) is 0 Å². The van der Waals surface area contributed by atoms with Gasteiger partial charge in [-0.3, -0.25) is 0 Å². The Bertz CT molecular complexity index is 672. The minimum absolute atomic E-state index is 0.115. The molecule has 3 saturated heterocycles. The van der Waals surface area contributed by atoms with E-state index in [2.05, 4.69) is 5.32 Å². The van der Waals surface area contributed by atoms with Crippen molar-refractivity contribution < 1.29 is 23.4 Å². The van der Waals surface area contributed by atoms with Gasteiger partial charge in [-0.15, -0.1) is 0 Å². The summed E-state index contributed by atoms with van der Waals surface area (Å²) in [4.78, 5) is 14.6. The Morgan fingerprint density at radius 2 is 1.93 bits per heavy atom. The molecular formula is C20H27FN2O4. The Kier molecular flexibility index (Phi) is 5.34. The van der Waals surface area contributed by atoms with E-state index < -0.39 is 5.79 Å². The van der Waals surface area contributed by atoms with Crippen LogP contribution in [0, 0.1) is 5.82 Å². The molecule has 3 aliphatic heterocycles. The number of ether oxygens (including phenoxy) is 3. The molecule has 0 bridgehead atoms. The summed E-state index contributed by atoms with van der Waals surface area (Å²) in [5, 5.41) is 3.09. The maximum Gasteiger partial charge on any atom is 0.317 e. The third kappa shape index (κ3) is 3.95. The molecule has 148 valence electrons. The van der Waals surface area contributed by atoms with Gasteiger partial charge >= 0.3 is 6.03 Å². The van der Waals surface area contributed by atoms with E-state index >= 15 is 0 Å². The zero-order valence-corrected chi connectivity index (χ0v) is 15.5. The van der Waals surface area contributed by atoms with Crippen LogP contribution in [0.4, 0.5) is 9.18 Å². The van der Waals surface area contributed by atoms with E-state index in [1.54, 1.807) is 17.0 Å². The third-order valence-corrected chi connectivity index (χ3v) is 5.98. The second-order valence-corrected chi connectivity index (χ2v) is 7.69. The molecule has 1 aromatic carbocycles. The van der Waals surface area contributed by atoms with Gasteiger partial charge in [0, 0.05) is 38.1 Å². The number of halogens is 1. The number of amides is 2. The molecule has 0 unspecified atom stereocenters. The van der Waals surface area contributed by atoms with E-state index in [1.807, 2.05) is 6.07 Å². The summed E-state index contributed by atoms with van der Waals surface area (Å²) >= 11 is 0. The van der Waals surface area contributed by atoms with Crippen molar-refractivity contribution in [1.82, 2.24) is 10.2 Å². The van der Waals surface area contributed by atoms with Crippen LogP contribution in [0.1, 0.15) is 31.2 Å². The summed E-state index contributed by atoms with van der Waals surface area (Å²) in [5.41, 5.74) is 0.618. The zero-order chi connectivity index (χ0) is 18.7. The first kappa shape index (κ1) is 18.7. The molecule has 7 heteroatoms. The number of nitrogens with zero attached hydrogens (tertiary/aromatic N) is 1. The molecule has 27 heavy (non-hydrogen) atoms. The molecule has 2 amide bonds. The van der Waals surface area contributed by atoms with Crippen LogP contribution in [0.2, 0.25) is 0 Å². The van der Waals surface area contributed by atoms with E-state index in [9.17, 15) is 9.18 Å². The van der Waals surface area contributed by atoms with E-state index in [-0.39, 0.29) is 17.3 Å². The van der Waals surface area contributed by atoms with Crippen LogP contribution in [-0.4, -0.2) is 62.8 Å². The highest BCUT2D eigenvalue weighted by Gasteiger charge is 2.42. The lowest BCUT2D eigenvalue weighted by Crippen LogP contribution is -2.55. The Hall–Kier alpha value is -1.70. The standard InChI is InChI=1S/C20H27FN2O4/c21-17-4-1-3-16(13-17)19(6-9-25-10-7-19)14-22-18(24)23-8-2-5-20(15-23)26-11-12-27-20/h1,3-4,13H,2,5-12,14-15H2,(H,22,24). The second-order valence-electron chi connectivity index (χ2n) is 7.69. The van der Waals surface area contributed by atoms with Crippen LogP contribution in [0.25, 0.3) is 0 Å². The van der Waals surface area contributed by atoms with Crippen LogP contribution in [-0.2, 0) is 19.6 Å². The number of carbonyl (C=O) groups is 1. The number of hydrogen-bond donors (Lipinski definition) is 1. The van der Waals surface area contributed by atoms with Crippen LogP contribution in [0.3, 0.4) is 0 Å². The number of piperidine rings is 1. The minimum atomic E-state index is -0.630. The number of urea groups is 1. The third-order valence-electron chi connectivity index (χ3n) is 5.98. The quantitative estimate of drug-likeness (QED) is 0.878. The fourth-order valence-electron chi connectivity index (χ4n) is 4.40. The number of nitrogens with one attached hydrogen (secondary N) is 1. The number of rotatable bonds is 3. The van der Waals surface area contributed by atoms with Gasteiger partial charge < -0.3 is 24.4 Å². The molecule has 0 aliphatic carbocycles. The van der Waals surface area contributed by atoms with Crippen molar-refractivity contribution in [2.45, 2.75) is 36.9 Å². The molecular weight excluding hydrogens is 351 g/mol. The monoisotopic (exact) mass is 378 g/mol. The van der Waals surface area contributed by atoms with Crippen molar-refractivity contribution in [1.29, 1.82) is 0 Å². The SMILES string of the molecule is O=C(NCC1(c2cccc(F)c2)CCOCC1)N1CCCC2(C1)OCCO2. The van der Waals surface area contributed by atoms with Crippen molar-refractivity contribution in [3.8, 4) is 0 Å². The zero-order valence-electron chi connectivity index (χ0n) is 15.5. The normalized spacial score (nSPS) is 24.1. The lowest BCUT2D eigenvalue weighted by atomic mass is 9.74. The lowest BCUT2D eigenvalue weighted by molar-refractivity contribution is -0.182. The highest BCUT2D eigenvalue weighted by atomic mass is 19.1. The number of carbonyl (C=O) groups excluding carboxylic acids is 1. The average molecular weight is 378 g/mol. The van der Waals surface area contributed by atoms with Gasteiger partial charge in [-0.05, 0) is 37.0 Å². The summed E-state index contributed by atoms with van der Waals surface area (Å²) in [6, 6.07) is 6.58. The molecule has 0 aromatic heterocycles. The number of hydrogen-bond acceptors (Lipinski definition) is 4. The molecule has 3 fully saturated rings. The molecule has 6 nitrogen and oxygen atoms in total. The van der Waals surface area contributed by atoms with Crippen molar-refractivity contribution in [3.05, 3.63) is 35.6 Å². The van der Waals surface area contributed by atoms with Gasteiger partial charge in [0.2, 0.25) is 0 Å². The summed E-state index contributed by atoms with van der Waals surface area (Å²) in [5.74, 6) is -0.882. The maximum atomic E-state index is 13.8. The number of benzene rings is 1. The molecule has 0 atom stereocenters. The van der Waals surface area contributed by atoms with Gasteiger partial charge in [-0.1, -0.05) is 12.1 Å². The summed E-state index contributed by atoms with van der Waals surface area (Å²) in [6.45, 7) is 3.99. The molecule has 4 rings (SSSR count). The first-order valence-corrected chi connectivity index (χ1v) is 9.75. The van der Waals surface area contributed by atoms with Crippen molar-refractivity contribution in [2.24, 2.45) is 0 Å². The lowest BCUT2D eigenvalue weighted by Gasteiger charge is -2.41. The van der Waals surface area contributed by atoms with Gasteiger partial charge in [-0.2, -0.15) is 0 Å². The van der Waals surface area contributed by atoms with Crippen LogP contribution in [0.15, 0.2) is 24.3 Å². The van der Waals surface area contributed by atoms with Crippen LogP contribution >= 0.6 is 0 Å². The predicted octanol–water partition coefficient (Wildman–Crippen LogP) is 2.42. The van der Waals surface area contributed by atoms with Gasteiger partial charge in [0.15, 0.2) is 5.79 Å². The smallest absolute Gasteiger partial charge is 0.317 e. The van der Waals surface area contributed by atoms with E-state index in [4.69, 9.17) is 14.2 Å². The van der Waals surface area contributed by atoms with E-state index in [0.29, 0.717) is 46.1 Å². The van der Waals surface area contributed by atoms with Crippen LogP contribution in [0.5, 0.6) is 0 Å². The van der Waals surface area contributed by atoms with Crippen molar-refractivity contribution in [3.63, 3.8) is 0 Å². The highest BCUT2D eigenvalue weighted by molar-refractivity contribution is 5.74. The molecule has 0 radical (unpaired) electrons. The summed E-state index contributed by atoms with van der Waals surface area (Å²) < 4.78 is 30.8. The molecule has 1 spiro atoms.